The van der Waals surface area contributed by atoms with Crippen LogP contribution in [0.4, 0.5) is 0 Å². The molecule has 3 aromatic rings. The summed E-state index contributed by atoms with van der Waals surface area (Å²) in [7, 11) is 0. The normalized spacial score (nSPS) is 12.3. The average molecular weight is 423 g/mol. The maximum absolute atomic E-state index is 12.3. The third-order valence-corrected chi connectivity index (χ3v) is 5.89. The molecule has 1 aromatic heterocycles. The first-order valence-corrected chi connectivity index (χ1v) is 10.8. The van der Waals surface area contributed by atoms with E-state index in [1.54, 1.807) is 23.9 Å². The summed E-state index contributed by atoms with van der Waals surface area (Å²) in [4.78, 5) is 17.3. The van der Waals surface area contributed by atoms with Crippen molar-refractivity contribution >= 4 is 68.5 Å². The van der Waals surface area contributed by atoms with Crippen molar-refractivity contribution in [2.45, 2.75) is 6.54 Å². The van der Waals surface area contributed by atoms with Crippen molar-refractivity contribution in [3.63, 3.8) is 0 Å². The molecule has 0 aliphatic carbocycles. The van der Waals surface area contributed by atoms with E-state index >= 15 is 0 Å². The molecule has 0 atom stereocenters. The van der Waals surface area contributed by atoms with Gasteiger partial charge in [-0.1, -0.05) is 52.7 Å². The van der Waals surface area contributed by atoms with Gasteiger partial charge >= 0.3 is 0 Å². The molecule has 7 heteroatoms. The Morgan fingerprint density at radius 1 is 1.27 bits per heavy atom. The van der Waals surface area contributed by atoms with Gasteiger partial charge in [0.25, 0.3) is 5.91 Å². The number of aryl methyl sites for hydroxylation is 1. The van der Waals surface area contributed by atoms with Crippen molar-refractivity contribution in [3.05, 3.63) is 69.0 Å². The summed E-state index contributed by atoms with van der Waals surface area (Å²) in [5.74, 6) is 0.617. The minimum atomic E-state index is -0.319. The van der Waals surface area contributed by atoms with Crippen LogP contribution in [-0.2, 0) is 11.3 Å². The van der Waals surface area contributed by atoms with E-state index in [-0.39, 0.29) is 5.91 Å². The van der Waals surface area contributed by atoms with Gasteiger partial charge in [-0.2, -0.15) is 16.8 Å². The fourth-order valence-corrected chi connectivity index (χ4v) is 4.34. The summed E-state index contributed by atoms with van der Waals surface area (Å²) >= 11 is 15.4. The van der Waals surface area contributed by atoms with Gasteiger partial charge in [-0.3, -0.25) is 4.79 Å². The minimum absolute atomic E-state index is 0.319. The van der Waals surface area contributed by atoms with Gasteiger partial charge in [0.05, 0.1) is 10.2 Å². The third kappa shape index (κ3) is 4.60. The highest BCUT2D eigenvalue weighted by molar-refractivity contribution is 7.98. The van der Waals surface area contributed by atoms with Gasteiger partial charge in [0.15, 0.2) is 4.80 Å². The van der Waals surface area contributed by atoms with Crippen LogP contribution < -0.4 is 4.80 Å². The number of hydrogen-bond donors (Lipinski definition) is 0. The first-order valence-electron chi connectivity index (χ1n) is 7.87. The molecule has 0 bridgehead atoms. The first kappa shape index (κ1) is 19.2. The maximum Gasteiger partial charge on any atom is 0.272 e. The van der Waals surface area contributed by atoms with E-state index in [1.807, 2.05) is 36.4 Å². The average Bonchev–Trinajstić information content (AvgIpc) is 2.95. The zero-order valence-electron chi connectivity index (χ0n) is 14.0. The molecule has 0 saturated carbocycles. The number of fused-ring (bicyclic) bond motifs is 1. The first-order chi connectivity index (χ1) is 12.6. The van der Waals surface area contributed by atoms with Crippen molar-refractivity contribution in [3.8, 4) is 0 Å². The Hall–Kier alpha value is -1.53. The van der Waals surface area contributed by atoms with Gasteiger partial charge in [0.2, 0.25) is 0 Å². The van der Waals surface area contributed by atoms with Crippen LogP contribution >= 0.6 is 46.3 Å². The Kier molecular flexibility index (Phi) is 6.59. The van der Waals surface area contributed by atoms with Crippen LogP contribution in [0.25, 0.3) is 16.3 Å². The lowest BCUT2D eigenvalue weighted by atomic mass is 10.2. The molecule has 0 aliphatic heterocycles. The van der Waals surface area contributed by atoms with E-state index < -0.39 is 0 Å². The number of hydrogen-bond acceptors (Lipinski definition) is 3. The largest absolute Gasteiger partial charge is 0.316 e. The monoisotopic (exact) mass is 422 g/mol. The van der Waals surface area contributed by atoms with E-state index in [4.69, 9.17) is 23.2 Å². The minimum Gasteiger partial charge on any atom is -0.316 e. The van der Waals surface area contributed by atoms with Gasteiger partial charge in [-0.25, -0.2) is 0 Å². The van der Waals surface area contributed by atoms with Gasteiger partial charge in [0.1, 0.15) is 0 Å². The second-order valence-corrected chi connectivity index (χ2v) is 8.28. The molecule has 0 spiro atoms. The summed E-state index contributed by atoms with van der Waals surface area (Å²) in [6.07, 6.45) is 5.18. The predicted octanol–water partition coefficient (Wildman–Crippen LogP) is 5.51. The van der Waals surface area contributed by atoms with Gasteiger partial charge in [-0.15, -0.1) is 0 Å². The van der Waals surface area contributed by atoms with Crippen molar-refractivity contribution in [2.75, 3.05) is 12.0 Å². The number of benzene rings is 2. The quantitative estimate of drug-likeness (QED) is 0.507. The Morgan fingerprint density at radius 3 is 2.85 bits per heavy atom. The van der Waals surface area contributed by atoms with Gasteiger partial charge in [0, 0.05) is 28.4 Å². The lowest BCUT2D eigenvalue weighted by molar-refractivity contribution is -0.113. The molecule has 1 amide bonds. The molecular weight excluding hydrogens is 407 g/mol. The highest BCUT2D eigenvalue weighted by Gasteiger charge is 2.07. The lowest BCUT2D eigenvalue weighted by Crippen LogP contribution is -2.17. The van der Waals surface area contributed by atoms with Crippen LogP contribution in [0.3, 0.4) is 0 Å². The fraction of sp³-hybridized carbons (Fsp3) is 0.158. The topological polar surface area (TPSA) is 34.4 Å². The van der Waals surface area contributed by atoms with Crippen molar-refractivity contribution in [2.24, 2.45) is 4.99 Å². The molecule has 26 heavy (non-hydrogen) atoms. The lowest BCUT2D eigenvalue weighted by Gasteiger charge is -2.03. The van der Waals surface area contributed by atoms with Crippen LogP contribution in [0.15, 0.2) is 53.5 Å². The Bertz CT molecular complexity index is 1040. The number of rotatable bonds is 5. The highest BCUT2D eigenvalue weighted by atomic mass is 35.5. The number of thiazole rings is 1. The fourth-order valence-electron chi connectivity index (χ4n) is 2.43. The molecule has 3 nitrogen and oxygen atoms in total. The second kappa shape index (κ2) is 8.91. The van der Waals surface area contributed by atoms with Crippen molar-refractivity contribution in [1.29, 1.82) is 0 Å². The molecule has 1 heterocycles. The summed E-state index contributed by atoms with van der Waals surface area (Å²) in [6.45, 7) is 0.781. The Labute approximate surface area is 170 Å². The standard InChI is InChI=1S/C19H16Cl2N2OS2/c1-25-11-10-23-16-8-7-14(20)12-17(16)26-19(23)22-18(24)9-6-13-4-2-3-5-15(13)21/h2-9,12H,10-11H2,1H3/b9-6+,22-19?. The molecule has 0 fully saturated rings. The molecule has 0 aliphatic rings. The molecule has 0 radical (unpaired) electrons. The van der Waals surface area contributed by atoms with Gasteiger partial charge in [-0.05, 0) is 42.2 Å². The molecule has 0 saturated heterocycles. The number of thioether (sulfide) groups is 1. The van der Waals surface area contributed by atoms with Crippen LogP contribution in [-0.4, -0.2) is 22.5 Å². The zero-order valence-corrected chi connectivity index (χ0v) is 17.1. The van der Waals surface area contributed by atoms with Crippen molar-refractivity contribution in [1.82, 2.24) is 4.57 Å². The number of nitrogens with zero attached hydrogens (tertiary/aromatic N) is 2. The zero-order chi connectivity index (χ0) is 18.5. The Morgan fingerprint density at radius 2 is 2.08 bits per heavy atom. The van der Waals surface area contributed by atoms with E-state index in [0.717, 1.165) is 28.1 Å². The summed E-state index contributed by atoms with van der Waals surface area (Å²) in [5, 5.41) is 1.27. The van der Waals surface area contributed by atoms with E-state index in [1.165, 1.54) is 17.4 Å². The maximum atomic E-state index is 12.3. The number of amides is 1. The molecule has 3 rings (SSSR count). The summed E-state index contributed by atoms with van der Waals surface area (Å²) in [6, 6.07) is 13.1. The number of carbonyl (C=O) groups is 1. The number of aromatic nitrogens is 1. The number of carbonyl (C=O) groups excluding carboxylic acids is 1. The van der Waals surface area contributed by atoms with Gasteiger partial charge < -0.3 is 4.57 Å². The van der Waals surface area contributed by atoms with E-state index in [0.29, 0.717) is 14.8 Å². The molecular formula is C19H16Cl2N2OS2. The SMILES string of the molecule is CSCCn1c(=NC(=O)/C=C/c2ccccc2Cl)sc2cc(Cl)ccc21. The van der Waals surface area contributed by atoms with E-state index in [2.05, 4.69) is 15.8 Å². The summed E-state index contributed by atoms with van der Waals surface area (Å²) < 4.78 is 3.08. The van der Waals surface area contributed by atoms with Crippen LogP contribution in [0.5, 0.6) is 0 Å². The predicted molar refractivity (Wildman–Crippen MR) is 114 cm³/mol. The second-order valence-electron chi connectivity index (χ2n) is 5.45. The number of halogens is 2. The van der Waals surface area contributed by atoms with Crippen molar-refractivity contribution < 1.29 is 4.79 Å². The van der Waals surface area contributed by atoms with Crippen LogP contribution in [0, 0.1) is 0 Å². The molecule has 0 N–H and O–H groups in total. The van der Waals surface area contributed by atoms with E-state index in [9.17, 15) is 4.79 Å². The summed E-state index contributed by atoms with van der Waals surface area (Å²) in [5.41, 5.74) is 1.83. The molecule has 2 aromatic carbocycles. The smallest absolute Gasteiger partial charge is 0.272 e. The molecule has 134 valence electrons. The van der Waals surface area contributed by atoms with Crippen LogP contribution in [0.1, 0.15) is 5.56 Å². The highest BCUT2D eigenvalue weighted by Crippen LogP contribution is 2.22. The third-order valence-electron chi connectivity index (χ3n) is 3.68. The van der Waals surface area contributed by atoms with Crippen LogP contribution in [0.2, 0.25) is 10.0 Å². The Balaban J connectivity index is 1.97. The molecule has 0 unspecified atom stereocenters.